The number of hydrogen-bond donors (Lipinski definition) is 0. The predicted molar refractivity (Wildman–Crippen MR) is 100 cm³/mol. The van der Waals surface area contributed by atoms with E-state index in [2.05, 4.69) is 43.7 Å². The highest BCUT2D eigenvalue weighted by molar-refractivity contribution is 5.21. The third-order valence-electron chi connectivity index (χ3n) is 6.56. The molecular weight excluding hydrogens is 276 g/mol. The van der Waals surface area contributed by atoms with E-state index < -0.39 is 0 Å². The molecule has 0 bridgehead atoms. The first-order valence-electron chi connectivity index (χ1n) is 10.2. The van der Waals surface area contributed by atoms with Crippen LogP contribution in [0.15, 0.2) is 30.3 Å². The molecule has 0 heterocycles. The first kappa shape index (κ1) is 17.1. The highest BCUT2D eigenvalue weighted by atomic mass is 14.4. The minimum Gasteiger partial charge on any atom is -0.0654 e. The molecular formula is C23H35. The molecule has 127 valence electrons. The molecule has 0 N–H and O–H groups in total. The summed E-state index contributed by atoms with van der Waals surface area (Å²) < 4.78 is 0. The number of unbranched alkanes of at least 4 members (excludes halogenated alkanes) is 2. The van der Waals surface area contributed by atoms with Gasteiger partial charge in [-0.15, -0.1) is 0 Å². The molecule has 1 radical (unpaired) electrons. The van der Waals surface area contributed by atoms with Gasteiger partial charge in [0.1, 0.15) is 0 Å². The van der Waals surface area contributed by atoms with Gasteiger partial charge in [0.2, 0.25) is 0 Å². The van der Waals surface area contributed by atoms with Crippen molar-refractivity contribution in [1.82, 2.24) is 0 Å². The molecule has 0 spiro atoms. The van der Waals surface area contributed by atoms with Crippen molar-refractivity contribution in [3.8, 4) is 0 Å². The molecule has 0 nitrogen and oxygen atoms in total. The minimum atomic E-state index is 0.790. The van der Waals surface area contributed by atoms with Crippen LogP contribution in [0.4, 0.5) is 0 Å². The summed E-state index contributed by atoms with van der Waals surface area (Å²) in [6.07, 6.45) is 18.7. The van der Waals surface area contributed by atoms with E-state index in [0.29, 0.717) is 0 Å². The molecule has 0 heteroatoms. The molecule has 1 aromatic rings. The second kappa shape index (κ2) is 8.90. The van der Waals surface area contributed by atoms with Crippen LogP contribution in [-0.2, 0) is 0 Å². The van der Waals surface area contributed by atoms with Crippen molar-refractivity contribution in [3.63, 3.8) is 0 Å². The number of benzene rings is 1. The van der Waals surface area contributed by atoms with Crippen LogP contribution < -0.4 is 0 Å². The lowest BCUT2D eigenvalue weighted by atomic mass is 9.68. The summed E-state index contributed by atoms with van der Waals surface area (Å²) in [5, 5.41) is 0. The quantitative estimate of drug-likeness (QED) is 0.489. The van der Waals surface area contributed by atoms with Gasteiger partial charge in [-0.2, -0.15) is 0 Å². The zero-order valence-corrected chi connectivity index (χ0v) is 15.1. The zero-order valence-electron chi connectivity index (χ0n) is 15.1. The molecule has 2 atom stereocenters. The van der Waals surface area contributed by atoms with Gasteiger partial charge in [0.15, 0.2) is 0 Å². The van der Waals surface area contributed by atoms with Gasteiger partial charge in [-0.3, -0.25) is 0 Å². The third kappa shape index (κ3) is 4.85. The second-order valence-electron chi connectivity index (χ2n) is 8.10. The Hall–Kier alpha value is -0.780. The van der Waals surface area contributed by atoms with Crippen molar-refractivity contribution in [2.45, 2.75) is 83.5 Å². The predicted octanol–water partition coefficient (Wildman–Crippen LogP) is 7.16. The van der Waals surface area contributed by atoms with E-state index in [1.165, 1.54) is 70.6 Å². The maximum atomic E-state index is 2.70. The maximum Gasteiger partial charge on any atom is -0.0159 e. The smallest absolute Gasteiger partial charge is 0.0159 e. The van der Waals surface area contributed by atoms with E-state index in [9.17, 15) is 0 Å². The summed E-state index contributed by atoms with van der Waals surface area (Å²) in [7, 11) is 0. The Balaban J connectivity index is 1.39. The molecule has 2 aliphatic rings. The van der Waals surface area contributed by atoms with Crippen LogP contribution in [0.1, 0.15) is 89.0 Å². The van der Waals surface area contributed by atoms with Crippen LogP contribution in [0.3, 0.4) is 0 Å². The highest BCUT2D eigenvalue weighted by Gasteiger charge is 2.31. The molecule has 0 aliphatic heterocycles. The van der Waals surface area contributed by atoms with Gasteiger partial charge in [0.25, 0.3) is 0 Å². The molecule has 2 aliphatic carbocycles. The van der Waals surface area contributed by atoms with Crippen LogP contribution in [0.25, 0.3) is 0 Å². The van der Waals surface area contributed by atoms with E-state index in [-0.39, 0.29) is 0 Å². The number of hydrogen-bond acceptors (Lipinski definition) is 0. The SMILES string of the molecule is CCCCCC1CCC(C2[CH]CC(c3ccccc3)CC2)CC1. The monoisotopic (exact) mass is 311 g/mol. The van der Waals surface area contributed by atoms with Crippen LogP contribution in [-0.4, -0.2) is 0 Å². The van der Waals surface area contributed by atoms with Crippen LogP contribution in [0, 0.1) is 24.2 Å². The summed E-state index contributed by atoms with van der Waals surface area (Å²) in [4.78, 5) is 0. The first-order chi connectivity index (χ1) is 11.4. The van der Waals surface area contributed by atoms with Crippen LogP contribution >= 0.6 is 0 Å². The lowest BCUT2D eigenvalue weighted by Crippen LogP contribution is -2.25. The average molecular weight is 312 g/mol. The molecule has 0 amide bonds. The van der Waals surface area contributed by atoms with Crippen molar-refractivity contribution in [3.05, 3.63) is 42.3 Å². The second-order valence-corrected chi connectivity index (χ2v) is 8.10. The fraction of sp³-hybridized carbons (Fsp3) is 0.696. The van der Waals surface area contributed by atoms with Crippen molar-refractivity contribution >= 4 is 0 Å². The number of rotatable bonds is 6. The minimum absolute atomic E-state index is 0.790. The first-order valence-corrected chi connectivity index (χ1v) is 10.2. The normalized spacial score (nSPS) is 31.9. The Labute approximate surface area is 144 Å². The Morgan fingerprint density at radius 1 is 0.870 bits per heavy atom. The summed E-state index contributed by atoms with van der Waals surface area (Å²) in [6, 6.07) is 11.2. The third-order valence-corrected chi connectivity index (χ3v) is 6.56. The molecule has 0 saturated heterocycles. The molecule has 23 heavy (non-hydrogen) atoms. The Bertz CT molecular complexity index is 419. The summed E-state index contributed by atoms with van der Waals surface area (Å²) in [6.45, 7) is 2.32. The van der Waals surface area contributed by atoms with E-state index in [1.54, 1.807) is 5.56 Å². The summed E-state index contributed by atoms with van der Waals surface area (Å²) in [5.74, 6) is 3.77. The molecule has 2 unspecified atom stereocenters. The van der Waals surface area contributed by atoms with E-state index in [4.69, 9.17) is 0 Å². The van der Waals surface area contributed by atoms with E-state index in [0.717, 1.165) is 23.7 Å². The molecule has 3 rings (SSSR count). The molecule has 1 aromatic carbocycles. The van der Waals surface area contributed by atoms with Gasteiger partial charge in [-0.25, -0.2) is 0 Å². The maximum absolute atomic E-state index is 2.70. The molecule has 2 saturated carbocycles. The lowest BCUT2D eigenvalue weighted by Gasteiger charge is -2.38. The van der Waals surface area contributed by atoms with Gasteiger partial charge < -0.3 is 0 Å². The van der Waals surface area contributed by atoms with Gasteiger partial charge in [-0.1, -0.05) is 75.8 Å². The van der Waals surface area contributed by atoms with Crippen LogP contribution in [0.5, 0.6) is 0 Å². The van der Waals surface area contributed by atoms with Crippen LogP contribution in [0.2, 0.25) is 0 Å². The lowest BCUT2D eigenvalue weighted by molar-refractivity contribution is 0.187. The van der Waals surface area contributed by atoms with Crippen molar-refractivity contribution in [2.75, 3.05) is 0 Å². The largest absolute Gasteiger partial charge is 0.0654 e. The highest BCUT2D eigenvalue weighted by Crippen LogP contribution is 2.44. The topological polar surface area (TPSA) is 0 Å². The molecule has 2 fully saturated rings. The Kier molecular flexibility index (Phi) is 6.60. The van der Waals surface area contributed by atoms with Crippen molar-refractivity contribution in [1.29, 1.82) is 0 Å². The van der Waals surface area contributed by atoms with Crippen molar-refractivity contribution < 1.29 is 0 Å². The average Bonchev–Trinajstić information content (AvgIpc) is 2.63. The molecule has 0 aromatic heterocycles. The fourth-order valence-corrected chi connectivity index (χ4v) is 5.01. The Morgan fingerprint density at radius 3 is 2.30 bits per heavy atom. The van der Waals surface area contributed by atoms with Gasteiger partial charge in [-0.05, 0) is 67.8 Å². The van der Waals surface area contributed by atoms with Gasteiger partial charge in [0, 0.05) is 0 Å². The van der Waals surface area contributed by atoms with E-state index in [1.807, 2.05) is 0 Å². The summed E-state index contributed by atoms with van der Waals surface area (Å²) >= 11 is 0. The van der Waals surface area contributed by atoms with Gasteiger partial charge in [0.05, 0.1) is 0 Å². The van der Waals surface area contributed by atoms with E-state index >= 15 is 0 Å². The zero-order chi connectivity index (χ0) is 15.9. The van der Waals surface area contributed by atoms with Crippen molar-refractivity contribution in [2.24, 2.45) is 17.8 Å². The standard InChI is InChI=1S/C23H35/c1-2-3-5-8-19-11-13-21(14-12-19)23-17-15-22(16-18-23)20-9-6-4-7-10-20/h4,6-7,9-10,17,19,21-23H,2-3,5,8,11-16,18H2,1H3. The Morgan fingerprint density at radius 2 is 1.65 bits per heavy atom. The fourth-order valence-electron chi connectivity index (χ4n) is 5.01. The summed E-state index contributed by atoms with van der Waals surface area (Å²) in [5.41, 5.74) is 1.56. The van der Waals surface area contributed by atoms with Gasteiger partial charge >= 0.3 is 0 Å².